The van der Waals surface area contributed by atoms with Crippen LogP contribution in [0.15, 0.2) is 11.8 Å². The summed E-state index contributed by atoms with van der Waals surface area (Å²) in [6.45, 7) is 4.01. The van der Waals surface area contributed by atoms with Gasteiger partial charge in [-0.2, -0.15) is 13.2 Å². The van der Waals surface area contributed by atoms with Crippen molar-refractivity contribution in [1.82, 2.24) is 5.32 Å². The highest BCUT2D eigenvalue weighted by Gasteiger charge is 2.42. The summed E-state index contributed by atoms with van der Waals surface area (Å²) < 4.78 is 36.2. The Kier molecular flexibility index (Phi) is 2.61. The second-order valence-corrected chi connectivity index (χ2v) is 4.05. The van der Waals surface area contributed by atoms with Crippen molar-refractivity contribution < 1.29 is 18.0 Å². The van der Waals surface area contributed by atoms with Gasteiger partial charge in [0, 0.05) is 6.54 Å². The predicted octanol–water partition coefficient (Wildman–Crippen LogP) is 2.02. The number of alkyl halides is 3. The summed E-state index contributed by atoms with van der Waals surface area (Å²) in [7, 11) is 0. The van der Waals surface area contributed by atoms with Crippen LogP contribution >= 0.6 is 0 Å². The zero-order valence-corrected chi connectivity index (χ0v) is 8.03. The number of Topliss-reactive ketones (excluding diaryl/α,β-unsaturated/α-hetero) is 1. The van der Waals surface area contributed by atoms with Crippen molar-refractivity contribution in [2.45, 2.75) is 26.4 Å². The molecule has 0 bridgehead atoms. The minimum atomic E-state index is -4.79. The third kappa shape index (κ3) is 2.49. The smallest absolute Gasteiger partial charge is 0.382 e. The first-order chi connectivity index (χ1) is 6.22. The number of rotatable bonds is 1. The van der Waals surface area contributed by atoms with Crippen molar-refractivity contribution in [2.24, 2.45) is 5.41 Å². The average molecular weight is 207 g/mol. The maximum Gasteiger partial charge on any atom is 0.456 e. The normalized spacial score (nSPS) is 21.1. The van der Waals surface area contributed by atoms with Gasteiger partial charge in [-0.25, -0.2) is 0 Å². The summed E-state index contributed by atoms with van der Waals surface area (Å²) in [6, 6.07) is 0. The van der Waals surface area contributed by atoms with Crippen LogP contribution in [0.5, 0.6) is 0 Å². The summed E-state index contributed by atoms with van der Waals surface area (Å²) in [5, 5.41) is 2.47. The molecule has 0 saturated heterocycles. The van der Waals surface area contributed by atoms with Crippen LogP contribution in [0.25, 0.3) is 0 Å². The largest absolute Gasteiger partial charge is 0.456 e. The standard InChI is InChI=1S/C9H12F3NO/c1-8(2)3-4-13-6(5-8)7(14)9(10,11)12/h5,13H,3-4H2,1-2H3. The molecule has 80 valence electrons. The van der Waals surface area contributed by atoms with Crippen LogP contribution in [-0.2, 0) is 4.79 Å². The van der Waals surface area contributed by atoms with Gasteiger partial charge in [0.1, 0.15) is 0 Å². The first kappa shape index (κ1) is 11.1. The van der Waals surface area contributed by atoms with Crippen LogP contribution in [0.4, 0.5) is 13.2 Å². The van der Waals surface area contributed by atoms with E-state index in [1.807, 2.05) is 0 Å². The number of ketones is 1. The number of allylic oxidation sites excluding steroid dienone is 2. The molecule has 0 saturated carbocycles. The second-order valence-electron chi connectivity index (χ2n) is 4.05. The van der Waals surface area contributed by atoms with Gasteiger partial charge in [0.25, 0.3) is 5.78 Å². The van der Waals surface area contributed by atoms with Crippen molar-refractivity contribution in [2.75, 3.05) is 6.54 Å². The molecule has 1 rings (SSSR count). The van der Waals surface area contributed by atoms with Gasteiger partial charge in [-0.1, -0.05) is 19.9 Å². The monoisotopic (exact) mass is 207 g/mol. The fraction of sp³-hybridized carbons (Fsp3) is 0.667. The Morgan fingerprint density at radius 3 is 2.50 bits per heavy atom. The van der Waals surface area contributed by atoms with Gasteiger partial charge < -0.3 is 5.32 Å². The van der Waals surface area contributed by atoms with E-state index in [1.165, 1.54) is 6.08 Å². The molecular weight excluding hydrogens is 195 g/mol. The molecule has 2 nitrogen and oxygen atoms in total. The Bertz CT molecular complexity index is 278. The Balaban J connectivity index is 2.89. The number of hydrogen-bond acceptors (Lipinski definition) is 2. The van der Waals surface area contributed by atoms with Gasteiger partial charge in [0.05, 0.1) is 5.70 Å². The number of hydrogen-bond donors (Lipinski definition) is 1. The van der Waals surface area contributed by atoms with Gasteiger partial charge in [-0.3, -0.25) is 4.79 Å². The van der Waals surface area contributed by atoms with E-state index in [0.29, 0.717) is 6.54 Å². The van der Waals surface area contributed by atoms with E-state index in [2.05, 4.69) is 5.32 Å². The van der Waals surface area contributed by atoms with Gasteiger partial charge in [0.2, 0.25) is 0 Å². The summed E-state index contributed by atoms with van der Waals surface area (Å²) >= 11 is 0. The summed E-state index contributed by atoms with van der Waals surface area (Å²) in [6.07, 6.45) is -2.71. The Morgan fingerprint density at radius 1 is 1.50 bits per heavy atom. The summed E-state index contributed by atoms with van der Waals surface area (Å²) in [5.41, 5.74) is -0.671. The number of carbonyl (C=O) groups is 1. The molecule has 1 aliphatic rings. The summed E-state index contributed by atoms with van der Waals surface area (Å²) in [4.78, 5) is 10.9. The van der Waals surface area contributed by atoms with E-state index in [4.69, 9.17) is 0 Å². The van der Waals surface area contributed by atoms with Crippen LogP contribution in [0.2, 0.25) is 0 Å². The second kappa shape index (κ2) is 3.29. The molecule has 0 fully saturated rings. The lowest BCUT2D eigenvalue weighted by Crippen LogP contribution is -2.37. The van der Waals surface area contributed by atoms with Crippen LogP contribution in [0.1, 0.15) is 20.3 Å². The quantitative estimate of drug-likeness (QED) is 0.712. The number of carbonyl (C=O) groups excluding carboxylic acids is 1. The van der Waals surface area contributed by atoms with Gasteiger partial charge in [0.15, 0.2) is 0 Å². The first-order valence-electron chi connectivity index (χ1n) is 4.31. The Hall–Kier alpha value is -1.00. The third-order valence-electron chi connectivity index (χ3n) is 2.12. The average Bonchev–Trinajstić information content (AvgIpc) is 1.99. The van der Waals surface area contributed by atoms with Gasteiger partial charge >= 0.3 is 6.18 Å². The van der Waals surface area contributed by atoms with Crippen LogP contribution in [0.3, 0.4) is 0 Å². The van der Waals surface area contributed by atoms with Crippen LogP contribution in [0, 0.1) is 5.41 Å². The minimum Gasteiger partial charge on any atom is -0.382 e. The molecule has 1 heterocycles. The van der Waals surface area contributed by atoms with Crippen molar-refractivity contribution in [1.29, 1.82) is 0 Å². The fourth-order valence-corrected chi connectivity index (χ4v) is 1.33. The topological polar surface area (TPSA) is 29.1 Å². The molecule has 14 heavy (non-hydrogen) atoms. The predicted molar refractivity (Wildman–Crippen MR) is 45.5 cm³/mol. The lowest BCUT2D eigenvalue weighted by Gasteiger charge is -2.28. The third-order valence-corrected chi connectivity index (χ3v) is 2.12. The molecular formula is C9H12F3NO. The highest BCUT2D eigenvalue weighted by atomic mass is 19.4. The lowest BCUT2D eigenvalue weighted by molar-refractivity contribution is -0.167. The van der Waals surface area contributed by atoms with E-state index in [-0.39, 0.29) is 11.1 Å². The van der Waals surface area contributed by atoms with E-state index in [9.17, 15) is 18.0 Å². The zero-order valence-electron chi connectivity index (χ0n) is 8.03. The highest BCUT2D eigenvalue weighted by Crippen LogP contribution is 2.29. The molecule has 0 atom stereocenters. The molecule has 1 aliphatic heterocycles. The maximum absolute atomic E-state index is 12.1. The maximum atomic E-state index is 12.1. The Morgan fingerprint density at radius 2 is 2.07 bits per heavy atom. The molecule has 5 heteroatoms. The molecule has 0 radical (unpaired) electrons. The van der Waals surface area contributed by atoms with Crippen LogP contribution in [-0.4, -0.2) is 18.5 Å². The van der Waals surface area contributed by atoms with Crippen molar-refractivity contribution >= 4 is 5.78 Å². The fourth-order valence-electron chi connectivity index (χ4n) is 1.33. The highest BCUT2D eigenvalue weighted by molar-refractivity contribution is 5.99. The SMILES string of the molecule is CC1(C)C=C(C(=O)C(F)(F)F)NCC1. The molecule has 0 aromatic carbocycles. The molecule has 1 N–H and O–H groups in total. The van der Waals surface area contributed by atoms with E-state index < -0.39 is 12.0 Å². The molecule has 0 aromatic rings. The number of nitrogens with one attached hydrogen (secondary N) is 1. The van der Waals surface area contributed by atoms with Crippen LogP contribution < -0.4 is 5.32 Å². The molecule has 0 aromatic heterocycles. The summed E-state index contributed by atoms with van der Waals surface area (Å²) in [5.74, 6) is -1.79. The molecule has 0 aliphatic carbocycles. The molecule has 0 spiro atoms. The van der Waals surface area contributed by atoms with Crippen molar-refractivity contribution in [3.05, 3.63) is 11.8 Å². The Labute approximate surface area is 80.2 Å². The minimum absolute atomic E-state index is 0.325. The van der Waals surface area contributed by atoms with E-state index >= 15 is 0 Å². The van der Waals surface area contributed by atoms with Gasteiger partial charge in [-0.05, 0) is 11.8 Å². The number of halogens is 3. The zero-order chi connectivity index (χ0) is 11.0. The molecule has 0 amide bonds. The van der Waals surface area contributed by atoms with Gasteiger partial charge in [-0.15, -0.1) is 0 Å². The lowest BCUT2D eigenvalue weighted by atomic mass is 9.85. The van der Waals surface area contributed by atoms with Crippen molar-refractivity contribution in [3.63, 3.8) is 0 Å². The van der Waals surface area contributed by atoms with E-state index in [1.54, 1.807) is 13.8 Å². The first-order valence-corrected chi connectivity index (χ1v) is 4.31. The van der Waals surface area contributed by atoms with E-state index in [0.717, 1.165) is 6.42 Å². The van der Waals surface area contributed by atoms with Crippen molar-refractivity contribution in [3.8, 4) is 0 Å². The molecule has 0 unspecified atom stereocenters.